The van der Waals surface area contributed by atoms with Crippen molar-refractivity contribution in [2.24, 2.45) is 0 Å². The highest BCUT2D eigenvalue weighted by Gasteiger charge is 2.22. The molecule has 1 aliphatic rings. The van der Waals surface area contributed by atoms with Crippen LogP contribution in [0.15, 0.2) is 23.1 Å². The minimum absolute atomic E-state index is 0. The molecule has 1 N–H and O–H groups in total. The van der Waals surface area contributed by atoms with Crippen LogP contribution in [0.3, 0.4) is 0 Å². The topological polar surface area (TPSA) is 109 Å². The summed E-state index contributed by atoms with van der Waals surface area (Å²) < 4.78 is 14.4. The van der Waals surface area contributed by atoms with Crippen LogP contribution < -0.4 is 5.32 Å². The summed E-state index contributed by atoms with van der Waals surface area (Å²) in [7, 11) is 1.65. The van der Waals surface area contributed by atoms with Gasteiger partial charge in [0.1, 0.15) is 11.7 Å². The van der Waals surface area contributed by atoms with Crippen molar-refractivity contribution in [2.75, 3.05) is 26.8 Å². The summed E-state index contributed by atoms with van der Waals surface area (Å²) in [4.78, 5) is 8.94. The molecule has 1 fully saturated rings. The van der Waals surface area contributed by atoms with E-state index < -0.39 is 0 Å². The third-order valence-corrected chi connectivity index (χ3v) is 4.88. The highest BCUT2D eigenvalue weighted by molar-refractivity contribution is 5.85. The van der Waals surface area contributed by atoms with Gasteiger partial charge in [-0.2, -0.15) is 4.98 Å². The molecule has 4 rings (SSSR count). The molecule has 0 aromatic carbocycles. The van der Waals surface area contributed by atoms with Gasteiger partial charge in [-0.1, -0.05) is 10.4 Å². The number of halogens is 1. The fourth-order valence-electron chi connectivity index (χ4n) is 3.30. The Bertz CT molecular complexity index is 870. The van der Waals surface area contributed by atoms with Crippen molar-refractivity contribution in [3.05, 3.63) is 30.3 Å². The average Bonchev–Trinajstić information content (AvgIpc) is 3.46. The van der Waals surface area contributed by atoms with Gasteiger partial charge in [-0.15, -0.1) is 17.5 Å². The van der Waals surface area contributed by atoms with Crippen LogP contribution in [-0.2, 0) is 11.2 Å². The number of aromatic nitrogens is 7. The Morgan fingerprint density at radius 3 is 2.96 bits per heavy atom. The number of nitrogens with zero attached hydrogens (tertiary/aromatic N) is 7. The van der Waals surface area contributed by atoms with Crippen LogP contribution in [0.25, 0.3) is 11.5 Å². The number of hydrogen-bond donors (Lipinski definition) is 1. The molecule has 1 atom stereocenters. The lowest BCUT2D eigenvalue weighted by Crippen LogP contribution is -2.29. The maximum absolute atomic E-state index is 5.43. The third-order valence-electron chi connectivity index (χ3n) is 4.88. The highest BCUT2D eigenvalue weighted by Crippen LogP contribution is 2.25. The van der Waals surface area contributed by atoms with Crippen LogP contribution >= 0.6 is 12.4 Å². The lowest BCUT2D eigenvalue weighted by Gasteiger charge is -2.22. The van der Waals surface area contributed by atoms with Gasteiger partial charge in [-0.25, -0.2) is 9.67 Å². The monoisotopic (exact) mass is 408 g/mol. The molecule has 3 aromatic heterocycles. The molecule has 1 saturated heterocycles. The Morgan fingerprint density at radius 1 is 1.36 bits per heavy atom. The zero-order chi connectivity index (χ0) is 18.6. The molecular weight excluding hydrogens is 384 g/mol. The second-order valence-corrected chi connectivity index (χ2v) is 6.69. The van der Waals surface area contributed by atoms with Crippen LogP contribution in [0.2, 0.25) is 0 Å². The summed E-state index contributed by atoms with van der Waals surface area (Å²) in [5.41, 5.74) is 0.740. The normalized spacial score (nSPS) is 16.1. The molecule has 3 aromatic rings. The van der Waals surface area contributed by atoms with Gasteiger partial charge in [0.2, 0.25) is 5.89 Å². The number of ether oxygens (including phenoxy) is 1. The summed E-state index contributed by atoms with van der Waals surface area (Å²) >= 11 is 0. The van der Waals surface area contributed by atoms with Crippen molar-refractivity contribution < 1.29 is 9.26 Å². The molecule has 0 saturated carbocycles. The number of imidazole rings is 1. The zero-order valence-corrected chi connectivity index (χ0v) is 16.8. The summed E-state index contributed by atoms with van der Waals surface area (Å²) in [5, 5.41) is 16.1. The standard InChI is InChI=1S/C17H24N8O2.ClH/c1-12(17-20-15(22-27-17)5-10-26-2)24-9-8-19-16(24)14-11-25(23-21-14)13-3-6-18-7-4-13;/h8-9,11-13,18H,3-7,10H2,1-2H3;1H. The molecular formula is C17H25ClN8O2. The van der Waals surface area contributed by atoms with E-state index in [1.807, 2.05) is 28.6 Å². The molecule has 0 amide bonds. The minimum atomic E-state index is -0.157. The van der Waals surface area contributed by atoms with E-state index >= 15 is 0 Å². The van der Waals surface area contributed by atoms with Crippen molar-refractivity contribution in [3.8, 4) is 11.5 Å². The maximum atomic E-state index is 5.43. The van der Waals surface area contributed by atoms with E-state index in [-0.39, 0.29) is 18.4 Å². The molecule has 1 unspecified atom stereocenters. The molecule has 1 aliphatic heterocycles. The van der Waals surface area contributed by atoms with Gasteiger partial charge in [0.15, 0.2) is 11.6 Å². The van der Waals surface area contributed by atoms with Crippen molar-refractivity contribution in [1.29, 1.82) is 0 Å². The predicted molar refractivity (Wildman–Crippen MR) is 103 cm³/mol. The van der Waals surface area contributed by atoms with Crippen molar-refractivity contribution in [1.82, 2.24) is 40.0 Å². The van der Waals surface area contributed by atoms with Crippen LogP contribution in [0.4, 0.5) is 0 Å². The van der Waals surface area contributed by atoms with Gasteiger partial charge in [0, 0.05) is 25.9 Å². The molecule has 0 spiro atoms. The number of hydrogen-bond acceptors (Lipinski definition) is 8. The molecule has 10 nitrogen and oxygen atoms in total. The number of methoxy groups -OCH3 is 1. The summed E-state index contributed by atoms with van der Waals surface area (Å²) in [5.74, 6) is 1.91. The number of rotatable bonds is 7. The smallest absolute Gasteiger partial charge is 0.249 e. The lowest BCUT2D eigenvalue weighted by molar-refractivity contribution is 0.199. The molecule has 11 heteroatoms. The molecule has 4 heterocycles. The first-order valence-electron chi connectivity index (χ1n) is 9.23. The van der Waals surface area contributed by atoms with E-state index in [0.29, 0.717) is 30.8 Å². The van der Waals surface area contributed by atoms with Crippen LogP contribution in [0.1, 0.15) is 43.6 Å². The first-order chi connectivity index (χ1) is 13.3. The quantitative estimate of drug-likeness (QED) is 0.628. The van der Waals surface area contributed by atoms with E-state index in [2.05, 4.69) is 30.8 Å². The second-order valence-electron chi connectivity index (χ2n) is 6.69. The van der Waals surface area contributed by atoms with E-state index in [4.69, 9.17) is 9.26 Å². The lowest BCUT2D eigenvalue weighted by atomic mass is 10.1. The first kappa shape index (κ1) is 20.4. The van der Waals surface area contributed by atoms with Crippen molar-refractivity contribution in [3.63, 3.8) is 0 Å². The fourth-order valence-corrected chi connectivity index (χ4v) is 3.30. The van der Waals surface area contributed by atoms with Gasteiger partial charge in [-0.3, -0.25) is 0 Å². The van der Waals surface area contributed by atoms with Gasteiger partial charge >= 0.3 is 0 Å². The van der Waals surface area contributed by atoms with E-state index in [1.54, 1.807) is 13.3 Å². The Kier molecular flexibility index (Phi) is 6.76. The Hall–Kier alpha value is -2.30. The van der Waals surface area contributed by atoms with Gasteiger partial charge in [0.25, 0.3) is 0 Å². The molecule has 28 heavy (non-hydrogen) atoms. The SMILES string of the molecule is COCCc1noc(C(C)n2ccnc2-c2cn(C3CCNCC3)nn2)n1.Cl. The van der Waals surface area contributed by atoms with Crippen LogP contribution in [-0.4, -0.2) is 61.5 Å². The Balaban J connectivity index is 0.00000225. The van der Waals surface area contributed by atoms with Crippen molar-refractivity contribution >= 4 is 12.4 Å². The summed E-state index contributed by atoms with van der Waals surface area (Å²) in [6.07, 6.45) is 8.34. The average molecular weight is 409 g/mol. The third kappa shape index (κ3) is 4.23. The zero-order valence-electron chi connectivity index (χ0n) is 16.0. The maximum Gasteiger partial charge on any atom is 0.249 e. The molecule has 0 aliphatic carbocycles. The number of piperidine rings is 1. The van der Waals surface area contributed by atoms with Crippen molar-refractivity contribution in [2.45, 2.75) is 38.3 Å². The highest BCUT2D eigenvalue weighted by atomic mass is 35.5. The summed E-state index contributed by atoms with van der Waals surface area (Å²) in [6.45, 7) is 4.57. The first-order valence-corrected chi connectivity index (χ1v) is 9.23. The molecule has 152 valence electrons. The Labute approximate surface area is 169 Å². The predicted octanol–water partition coefficient (Wildman–Crippen LogP) is 1.67. The molecule has 0 radical (unpaired) electrons. The van der Waals surface area contributed by atoms with Crippen LogP contribution in [0.5, 0.6) is 0 Å². The molecule has 0 bridgehead atoms. The van der Waals surface area contributed by atoms with E-state index in [1.165, 1.54) is 0 Å². The van der Waals surface area contributed by atoms with E-state index in [0.717, 1.165) is 37.4 Å². The fraction of sp³-hybridized carbons (Fsp3) is 0.588. The van der Waals surface area contributed by atoms with Crippen LogP contribution in [0, 0.1) is 0 Å². The largest absolute Gasteiger partial charge is 0.384 e. The van der Waals surface area contributed by atoms with Gasteiger partial charge in [-0.05, 0) is 32.9 Å². The second kappa shape index (κ2) is 9.26. The van der Waals surface area contributed by atoms with Gasteiger partial charge < -0.3 is 19.1 Å². The Morgan fingerprint density at radius 2 is 2.18 bits per heavy atom. The minimum Gasteiger partial charge on any atom is -0.384 e. The summed E-state index contributed by atoms with van der Waals surface area (Å²) in [6, 6.07) is 0.225. The van der Waals surface area contributed by atoms with Gasteiger partial charge in [0.05, 0.1) is 18.8 Å². The number of nitrogens with one attached hydrogen (secondary N) is 1. The van der Waals surface area contributed by atoms with E-state index in [9.17, 15) is 0 Å².